The molecule has 0 aliphatic heterocycles. The number of aryl methyl sites for hydroxylation is 1. The van der Waals surface area contributed by atoms with Crippen molar-refractivity contribution in [2.24, 2.45) is 0 Å². The van der Waals surface area contributed by atoms with Crippen LogP contribution in [0.5, 0.6) is 0 Å². The van der Waals surface area contributed by atoms with Gasteiger partial charge in [0.25, 0.3) is 0 Å². The van der Waals surface area contributed by atoms with Crippen LogP contribution in [0.15, 0.2) is 24.4 Å². The maximum absolute atomic E-state index is 12.3. The summed E-state index contributed by atoms with van der Waals surface area (Å²) in [4.78, 5) is 25.7. The van der Waals surface area contributed by atoms with Crippen LogP contribution < -0.4 is 5.32 Å². The summed E-state index contributed by atoms with van der Waals surface area (Å²) in [5, 5.41) is 3.27. The van der Waals surface area contributed by atoms with Gasteiger partial charge in [0.2, 0.25) is 0 Å². The summed E-state index contributed by atoms with van der Waals surface area (Å²) in [7, 11) is 0. The van der Waals surface area contributed by atoms with Gasteiger partial charge in [-0.3, -0.25) is 4.79 Å². The Hall–Kier alpha value is -2.30. The highest BCUT2D eigenvalue weighted by Crippen LogP contribution is 2.27. The van der Waals surface area contributed by atoms with Gasteiger partial charge in [-0.2, -0.15) is 0 Å². The van der Waals surface area contributed by atoms with Crippen LogP contribution in [0, 0.1) is 0 Å². The van der Waals surface area contributed by atoms with E-state index in [9.17, 15) is 4.79 Å². The fraction of sp³-hybridized carbons (Fsp3) is 0.444. The molecule has 5 nitrogen and oxygen atoms in total. The zero-order chi connectivity index (χ0) is 16.1. The van der Waals surface area contributed by atoms with Crippen molar-refractivity contribution in [2.75, 3.05) is 5.32 Å². The van der Waals surface area contributed by atoms with Gasteiger partial charge in [-0.15, -0.1) is 0 Å². The zero-order valence-corrected chi connectivity index (χ0v) is 13.5. The highest BCUT2D eigenvalue weighted by Gasteiger charge is 2.20. The van der Waals surface area contributed by atoms with E-state index in [-0.39, 0.29) is 5.78 Å². The number of anilines is 2. The summed E-state index contributed by atoms with van der Waals surface area (Å²) in [6.07, 6.45) is 8.25. The number of carbonyl (C=O) groups excluding carboxylic acids is 1. The number of nitrogens with one attached hydrogen (secondary N) is 1. The van der Waals surface area contributed by atoms with E-state index in [1.807, 2.05) is 18.2 Å². The Morgan fingerprint density at radius 2 is 2.09 bits per heavy atom. The van der Waals surface area contributed by atoms with Crippen LogP contribution in [-0.4, -0.2) is 20.7 Å². The van der Waals surface area contributed by atoms with Gasteiger partial charge in [-0.05, 0) is 44.2 Å². The van der Waals surface area contributed by atoms with Gasteiger partial charge in [-0.25, -0.2) is 15.0 Å². The third-order valence-electron chi connectivity index (χ3n) is 4.10. The number of unbranched alkanes of at least 4 members (excludes halogenated alkanes) is 1. The number of fused-ring (bicyclic) bond motifs is 1. The summed E-state index contributed by atoms with van der Waals surface area (Å²) in [6.45, 7) is 2.08. The molecule has 0 unspecified atom stereocenters. The standard InChI is InChI=1S/C18H22N4O/c1-2-3-10-15(23)18-20-14-9-5-4-8-13(14)17(22-18)21-16-11-6-7-12-19-16/h6-7,11-12H,2-5,8-10H2,1H3,(H,19,20,21,22). The normalized spacial score (nSPS) is 13.4. The van der Waals surface area contributed by atoms with E-state index in [0.29, 0.717) is 12.2 Å². The molecule has 0 atom stereocenters. The number of aromatic nitrogens is 3. The molecule has 0 aromatic carbocycles. The second-order valence-electron chi connectivity index (χ2n) is 5.89. The van der Waals surface area contributed by atoms with Crippen molar-refractivity contribution in [1.29, 1.82) is 0 Å². The van der Waals surface area contributed by atoms with Crippen LogP contribution >= 0.6 is 0 Å². The molecule has 1 aliphatic carbocycles. The lowest BCUT2D eigenvalue weighted by molar-refractivity contribution is 0.0969. The Bertz CT molecular complexity index is 685. The van der Waals surface area contributed by atoms with Gasteiger partial charge >= 0.3 is 0 Å². The zero-order valence-electron chi connectivity index (χ0n) is 13.5. The van der Waals surface area contributed by atoms with E-state index in [0.717, 1.165) is 61.4 Å². The molecule has 1 N–H and O–H groups in total. The number of hydrogen-bond acceptors (Lipinski definition) is 5. The third kappa shape index (κ3) is 3.73. The maximum Gasteiger partial charge on any atom is 0.200 e. The maximum atomic E-state index is 12.3. The van der Waals surface area contributed by atoms with E-state index in [4.69, 9.17) is 0 Å². The van der Waals surface area contributed by atoms with Crippen molar-refractivity contribution in [3.8, 4) is 0 Å². The molecule has 23 heavy (non-hydrogen) atoms. The Balaban J connectivity index is 1.94. The van der Waals surface area contributed by atoms with Crippen LogP contribution in [0.2, 0.25) is 0 Å². The topological polar surface area (TPSA) is 67.8 Å². The third-order valence-corrected chi connectivity index (χ3v) is 4.10. The van der Waals surface area contributed by atoms with Gasteiger partial charge in [0.15, 0.2) is 11.6 Å². The van der Waals surface area contributed by atoms with E-state index >= 15 is 0 Å². The monoisotopic (exact) mass is 310 g/mol. The number of nitrogens with zero attached hydrogens (tertiary/aromatic N) is 3. The predicted molar refractivity (Wildman–Crippen MR) is 90.0 cm³/mol. The van der Waals surface area contributed by atoms with Gasteiger partial charge in [0.1, 0.15) is 11.6 Å². The van der Waals surface area contributed by atoms with Crippen LogP contribution in [-0.2, 0) is 12.8 Å². The van der Waals surface area contributed by atoms with E-state index in [1.54, 1.807) is 6.20 Å². The number of ketones is 1. The van der Waals surface area contributed by atoms with Crippen molar-refractivity contribution in [2.45, 2.75) is 51.9 Å². The van der Waals surface area contributed by atoms with Gasteiger partial charge < -0.3 is 5.32 Å². The molecular weight excluding hydrogens is 288 g/mol. The highest BCUT2D eigenvalue weighted by atomic mass is 16.1. The lowest BCUT2D eigenvalue weighted by atomic mass is 9.96. The summed E-state index contributed by atoms with van der Waals surface area (Å²) in [6, 6.07) is 5.70. The van der Waals surface area contributed by atoms with Crippen LogP contribution in [0.3, 0.4) is 0 Å². The summed E-state index contributed by atoms with van der Waals surface area (Å²) >= 11 is 0. The number of rotatable bonds is 6. The Labute approximate surface area is 136 Å². The number of Topliss-reactive ketones (excluding diaryl/α,β-unsaturated/α-hetero) is 1. The minimum absolute atomic E-state index is 0.0318. The minimum atomic E-state index is 0.0318. The molecule has 2 aromatic rings. The number of hydrogen-bond donors (Lipinski definition) is 1. The van der Waals surface area contributed by atoms with E-state index < -0.39 is 0 Å². The lowest BCUT2D eigenvalue weighted by Gasteiger charge is -2.19. The average Bonchev–Trinajstić information content (AvgIpc) is 2.60. The fourth-order valence-corrected chi connectivity index (χ4v) is 2.83. The van der Waals surface area contributed by atoms with Crippen LogP contribution in [0.4, 0.5) is 11.6 Å². The smallest absolute Gasteiger partial charge is 0.200 e. The predicted octanol–water partition coefficient (Wildman–Crippen LogP) is 3.87. The molecule has 5 heteroatoms. The first kappa shape index (κ1) is 15.6. The quantitative estimate of drug-likeness (QED) is 0.820. The molecule has 2 aromatic heterocycles. The summed E-state index contributed by atoms with van der Waals surface area (Å²) in [5.74, 6) is 1.86. The molecule has 0 radical (unpaired) electrons. The van der Waals surface area contributed by atoms with Crippen molar-refractivity contribution in [3.05, 3.63) is 41.5 Å². The SMILES string of the molecule is CCCCC(=O)c1nc2c(c(Nc3ccccn3)n1)CCCC2. The minimum Gasteiger partial charge on any atom is -0.325 e. The molecule has 0 bridgehead atoms. The molecule has 0 amide bonds. The van der Waals surface area contributed by atoms with Gasteiger partial charge in [0.05, 0.1) is 0 Å². The van der Waals surface area contributed by atoms with Crippen LogP contribution in [0.25, 0.3) is 0 Å². The molecule has 1 aliphatic rings. The average molecular weight is 310 g/mol. The molecular formula is C18H22N4O. The Morgan fingerprint density at radius 3 is 2.87 bits per heavy atom. The van der Waals surface area contributed by atoms with Crippen molar-refractivity contribution in [3.63, 3.8) is 0 Å². The second kappa shape index (κ2) is 7.31. The molecule has 3 rings (SSSR count). The molecule has 2 heterocycles. The largest absolute Gasteiger partial charge is 0.325 e. The van der Waals surface area contributed by atoms with Gasteiger partial charge in [-0.1, -0.05) is 19.4 Å². The van der Waals surface area contributed by atoms with Crippen molar-refractivity contribution < 1.29 is 4.79 Å². The van der Waals surface area contributed by atoms with Crippen LogP contribution in [0.1, 0.15) is 60.9 Å². The number of carbonyl (C=O) groups is 1. The molecule has 0 spiro atoms. The van der Waals surface area contributed by atoms with E-state index in [2.05, 4.69) is 27.2 Å². The first-order chi connectivity index (χ1) is 11.3. The lowest BCUT2D eigenvalue weighted by Crippen LogP contribution is -2.16. The fourth-order valence-electron chi connectivity index (χ4n) is 2.83. The van der Waals surface area contributed by atoms with E-state index in [1.165, 1.54) is 0 Å². The Kier molecular flexibility index (Phi) is 4.95. The first-order valence-corrected chi connectivity index (χ1v) is 8.39. The van der Waals surface area contributed by atoms with Gasteiger partial charge in [0, 0.05) is 23.9 Å². The molecule has 120 valence electrons. The summed E-state index contributed by atoms with van der Waals surface area (Å²) in [5.41, 5.74) is 2.15. The summed E-state index contributed by atoms with van der Waals surface area (Å²) < 4.78 is 0. The number of pyridine rings is 1. The Morgan fingerprint density at radius 1 is 1.22 bits per heavy atom. The molecule has 0 fully saturated rings. The van der Waals surface area contributed by atoms with Crippen molar-refractivity contribution >= 4 is 17.4 Å². The highest BCUT2D eigenvalue weighted by molar-refractivity contribution is 5.93. The second-order valence-corrected chi connectivity index (χ2v) is 5.89. The molecule has 0 saturated carbocycles. The first-order valence-electron chi connectivity index (χ1n) is 8.39. The molecule has 0 saturated heterocycles. The van der Waals surface area contributed by atoms with Crippen molar-refractivity contribution in [1.82, 2.24) is 15.0 Å².